The van der Waals surface area contributed by atoms with E-state index in [0.29, 0.717) is 18.3 Å². The number of fused-ring (bicyclic) bond motifs is 1. The first-order valence-electron chi connectivity index (χ1n) is 10.9. The Labute approximate surface area is 172 Å². The number of piperidine rings is 1. The van der Waals surface area contributed by atoms with Gasteiger partial charge < -0.3 is 9.88 Å². The maximum Gasteiger partial charge on any atom is 0.289 e. The number of hydrogen-bond donors (Lipinski definition) is 1. The Balaban J connectivity index is 1.37. The van der Waals surface area contributed by atoms with Crippen LogP contribution in [-0.2, 0) is 19.5 Å². The number of aryl methyl sites for hydroxylation is 1. The summed E-state index contributed by atoms with van der Waals surface area (Å²) in [5.41, 5.74) is 1.58. The van der Waals surface area contributed by atoms with Crippen molar-refractivity contribution in [3.05, 3.63) is 41.7 Å². The molecule has 1 spiro atoms. The summed E-state index contributed by atoms with van der Waals surface area (Å²) in [5.74, 6) is 1.94. The van der Waals surface area contributed by atoms with Crippen LogP contribution in [0.5, 0.6) is 0 Å². The van der Waals surface area contributed by atoms with Gasteiger partial charge in [-0.05, 0) is 67.8 Å². The first-order valence-corrected chi connectivity index (χ1v) is 10.9. The minimum atomic E-state index is -0.0865. The third kappa shape index (κ3) is 4.66. The molecule has 1 fully saturated rings. The molecule has 4 rings (SSSR count). The van der Waals surface area contributed by atoms with E-state index in [1.165, 1.54) is 5.56 Å². The molecule has 1 saturated heterocycles. The van der Waals surface area contributed by atoms with Gasteiger partial charge in [0.1, 0.15) is 5.82 Å². The molecular weight excluding hydrogens is 364 g/mol. The zero-order valence-corrected chi connectivity index (χ0v) is 17.6. The van der Waals surface area contributed by atoms with Crippen LogP contribution >= 0.6 is 0 Å². The Hall–Kier alpha value is -2.28. The van der Waals surface area contributed by atoms with Crippen molar-refractivity contribution in [3.8, 4) is 0 Å². The van der Waals surface area contributed by atoms with Gasteiger partial charge in [0.05, 0.1) is 0 Å². The summed E-state index contributed by atoms with van der Waals surface area (Å²) in [6.07, 6.45) is 9.07. The van der Waals surface area contributed by atoms with Gasteiger partial charge in [0, 0.05) is 38.4 Å². The lowest BCUT2D eigenvalue weighted by Gasteiger charge is -2.44. The molecular formula is C22H32N6O. The molecule has 2 aromatic heterocycles. The normalized spacial score (nSPS) is 18.7. The van der Waals surface area contributed by atoms with Crippen molar-refractivity contribution < 1.29 is 4.79 Å². The molecule has 2 aromatic rings. The third-order valence-electron chi connectivity index (χ3n) is 6.48. The smallest absolute Gasteiger partial charge is 0.289 e. The van der Waals surface area contributed by atoms with Crippen LogP contribution in [0.25, 0.3) is 0 Å². The molecule has 7 nitrogen and oxygen atoms in total. The highest BCUT2D eigenvalue weighted by Crippen LogP contribution is 2.41. The summed E-state index contributed by atoms with van der Waals surface area (Å²) in [6, 6.07) is 4.19. The van der Waals surface area contributed by atoms with E-state index in [1.54, 1.807) is 0 Å². The predicted octanol–water partition coefficient (Wildman–Crippen LogP) is 2.68. The predicted molar refractivity (Wildman–Crippen MR) is 111 cm³/mol. The van der Waals surface area contributed by atoms with E-state index < -0.39 is 0 Å². The van der Waals surface area contributed by atoms with E-state index in [2.05, 4.69) is 55.9 Å². The first kappa shape index (κ1) is 20.0. The van der Waals surface area contributed by atoms with Crippen molar-refractivity contribution >= 4 is 5.91 Å². The number of amides is 1. The zero-order chi connectivity index (χ0) is 20.3. The van der Waals surface area contributed by atoms with Gasteiger partial charge in [-0.1, -0.05) is 13.8 Å². The average Bonchev–Trinajstić information content (AvgIpc) is 3.13. The fraction of sp³-hybridized carbons (Fsp3) is 0.636. The van der Waals surface area contributed by atoms with Gasteiger partial charge in [-0.2, -0.15) is 0 Å². The molecule has 0 atom stereocenters. The molecule has 7 heteroatoms. The fourth-order valence-corrected chi connectivity index (χ4v) is 4.54. The summed E-state index contributed by atoms with van der Waals surface area (Å²) < 4.78 is 2.09. The summed E-state index contributed by atoms with van der Waals surface area (Å²) in [5, 5.41) is 11.6. The highest BCUT2D eigenvalue weighted by Gasteiger charge is 2.39. The highest BCUT2D eigenvalue weighted by atomic mass is 16.2. The number of aromatic nitrogens is 4. The number of rotatable bonds is 6. The molecule has 1 amide bonds. The molecule has 2 aliphatic heterocycles. The standard InChI is InChI=1S/C22H32N6O/c1-17(2)4-12-24-21(29)20-26-25-19-3-7-22(16-28(19)20)8-13-27(14-9-22)15-18-5-10-23-11-6-18/h5-6,10-11,17H,3-4,7-9,12-16H2,1-2H3,(H,24,29). The van der Waals surface area contributed by atoms with Crippen molar-refractivity contribution in [2.75, 3.05) is 19.6 Å². The number of nitrogens with zero attached hydrogens (tertiary/aromatic N) is 5. The molecule has 1 N–H and O–H groups in total. The highest BCUT2D eigenvalue weighted by molar-refractivity contribution is 5.90. The number of carbonyl (C=O) groups is 1. The van der Waals surface area contributed by atoms with Crippen LogP contribution in [0.1, 0.15) is 61.5 Å². The van der Waals surface area contributed by atoms with Crippen molar-refractivity contribution in [2.24, 2.45) is 11.3 Å². The van der Waals surface area contributed by atoms with Gasteiger partial charge in [0.25, 0.3) is 5.91 Å². The second-order valence-corrected chi connectivity index (χ2v) is 9.10. The monoisotopic (exact) mass is 396 g/mol. The Morgan fingerprint density at radius 2 is 1.93 bits per heavy atom. The van der Waals surface area contributed by atoms with Crippen LogP contribution in [0.2, 0.25) is 0 Å². The van der Waals surface area contributed by atoms with Crippen LogP contribution in [0, 0.1) is 11.3 Å². The van der Waals surface area contributed by atoms with E-state index in [4.69, 9.17) is 0 Å². The zero-order valence-electron chi connectivity index (χ0n) is 17.6. The number of nitrogens with one attached hydrogen (secondary N) is 1. The molecule has 0 bridgehead atoms. The topological polar surface area (TPSA) is 75.9 Å². The Kier molecular flexibility index (Phi) is 5.94. The third-order valence-corrected chi connectivity index (χ3v) is 6.48. The Morgan fingerprint density at radius 3 is 2.66 bits per heavy atom. The number of carbonyl (C=O) groups excluding carboxylic acids is 1. The van der Waals surface area contributed by atoms with Crippen LogP contribution in [0.3, 0.4) is 0 Å². The van der Waals surface area contributed by atoms with E-state index >= 15 is 0 Å². The maximum absolute atomic E-state index is 12.6. The van der Waals surface area contributed by atoms with Crippen molar-refractivity contribution in [3.63, 3.8) is 0 Å². The molecule has 0 aromatic carbocycles. The largest absolute Gasteiger partial charge is 0.349 e. The second-order valence-electron chi connectivity index (χ2n) is 9.10. The van der Waals surface area contributed by atoms with Crippen LogP contribution in [0.4, 0.5) is 0 Å². The van der Waals surface area contributed by atoms with Gasteiger partial charge in [-0.25, -0.2) is 0 Å². The van der Waals surface area contributed by atoms with E-state index in [0.717, 1.165) is 64.1 Å². The second kappa shape index (κ2) is 8.61. The maximum atomic E-state index is 12.6. The number of hydrogen-bond acceptors (Lipinski definition) is 5. The van der Waals surface area contributed by atoms with Crippen LogP contribution < -0.4 is 5.32 Å². The summed E-state index contributed by atoms with van der Waals surface area (Å²) >= 11 is 0. The van der Waals surface area contributed by atoms with Gasteiger partial charge in [0.15, 0.2) is 0 Å². The Bertz CT molecular complexity index is 823. The van der Waals surface area contributed by atoms with Crippen molar-refractivity contribution in [1.82, 2.24) is 30.0 Å². The van der Waals surface area contributed by atoms with Gasteiger partial charge >= 0.3 is 0 Å². The molecule has 29 heavy (non-hydrogen) atoms. The van der Waals surface area contributed by atoms with Crippen LogP contribution in [-0.4, -0.2) is 50.2 Å². The molecule has 0 aliphatic carbocycles. The van der Waals surface area contributed by atoms with Crippen LogP contribution in [0.15, 0.2) is 24.5 Å². The summed E-state index contributed by atoms with van der Waals surface area (Å²) in [7, 11) is 0. The summed E-state index contributed by atoms with van der Waals surface area (Å²) in [4.78, 5) is 19.3. The lowest BCUT2D eigenvalue weighted by molar-refractivity contribution is 0.0618. The summed E-state index contributed by atoms with van der Waals surface area (Å²) in [6.45, 7) is 9.05. The molecule has 0 unspecified atom stereocenters. The van der Waals surface area contributed by atoms with E-state index in [9.17, 15) is 4.79 Å². The van der Waals surface area contributed by atoms with Gasteiger partial charge in [-0.3, -0.25) is 14.7 Å². The van der Waals surface area contributed by atoms with E-state index in [1.807, 2.05) is 12.4 Å². The van der Waals surface area contributed by atoms with Gasteiger partial charge in [-0.15, -0.1) is 10.2 Å². The SMILES string of the molecule is CC(C)CCNC(=O)c1nnc2n1CC1(CC2)CCN(Cc2ccncc2)CC1. The van der Waals surface area contributed by atoms with Crippen molar-refractivity contribution in [1.29, 1.82) is 0 Å². The minimum absolute atomic E-state index is 0.0865. The lowest BCUT2D eigenvalue weighted by atomic mass is 9.73. The Morgan fingerprint density at radius 1 is 1.17 bits per heavy atom. The number of likely N-dealkylation sites (tertiary alicyclic amines) is 1. The minimum Gasteiger partial charge on any atom is -0.349 e. The van der Waals surface area contributed by atoms with Crippen molar-refractivity contribution in [2.45, 2.75) is 59.0 Å². The van der Waals surface area contributed by atoms with E-state index in [-0.39, 0.29) is 11.3 Å². The fourth-order valence-electron chi connectivity index (χ4n) is 4.54. The molecule has 156 valence electrons. The molecule has 4 heterocycles. The number of pyridine rings is 1. The average molecular weight is 397 g/mol. The molecule has 0 radical (unpaired) electrons. The lowest BCUT2D eigenvalue weighted by Crippen LogP contribution is -2.44. The quantitative estimate of drug-likeness (QED) is 0.812. The van der Waals surface area contributed by atoms with Gasteiger partial charge in [0.2, 0.25) is 5.82 Å². The first-order chi connectivity index (χ1) is 14.0. The molecule has 2 aliphatic rings. The molecule has 0 saturated carbocycles.